The summed E-state index contributed by atoms with van der Waals surface area (Å²) in [4.78, 5) is 0. The molecule has 1 unspecified atom stereocenters. The molecule has 2 rings (SSSR count). The summed E-state index contributed by atoms with van der Waals surface area (Å²) in [6, 6.07) is 10.7. The van der Waals surface area contributed by atoms with Crippen LogP contribution in [0.2, 0.25) is 0 Å². The lowest BCUT2D eigenvalue weighted by Gasteiger charge is -2.19. The third-order valence-corrected chi connectivity index (χ3v) is 3.74. The maximum Gasteiger partial charge on any atom is 0.119 e. The van der Waals surface area contributed by atoms with Crippen molar-refractivity contribution < 1.29 is 10.2 Å². The van der Waals surface area contributed by atoms with Crippen LogP contribution < -0.4 is 5.32 Å². The molecule has 20 heavy (non-hydrogen) atoms. The van der Waals surface area contributed by atoms with Gasteiger partial charge in [0.05, 0.1) is 0 Å². The molecule has 0 radical (unpaired) electrons. The first-order valence-electron chi connectivity index (χ1n) is 6.57. The molecule has 4 heteroatoms. The number of benzene rings is 2. The Morgan fingerprint density at radius 3 is 2.35 bits per heavy atom. The molecule has 0 aliphatic carbocycles. The number of rotatable bonds is 4. The molecule has 0 fully saturated rings. The van der Waals surface area contributed by atoms with Crippen molar-refractivity contribution in [2.45, 2.75) is 26.3 Å². The van der Waals surface area contributed by atoms with E-state index in [-0.39, 0.29) is 17.5 Å². The van der Waals surface area contributed by atoms with E-state index < -0.39 is 0 Å². The van der Waals surface area contributed by atoms with Crippen LogP contribution >= 0.6 is 15.9 Å². The summed E-state index contributed by atoms with van der Waals surface area (Å²) in [5.41, 5.74) is 3.12. The monoisotopic (exact) mass is 335 g/mol. The fourth-order valence-corrected chi connectivity index (χ4v) is 2.59. The first kappa shape index (κ1) is 14.7. The van der Waals surface area contributed by atoms with Gasteiger partial charge in [0.25, 0.3) is 0 Å². The molecule has 0 aliphatic rings. The SMILES string of the molecule is CCc1cc(Br)ccc1NC(C)c1cc(O)cc(O)c1. The zero-order valence-corrected chi connectivity index (χ0v) is 13.1. The van der Waals surface area contributed by atoms with Gasteiger partial charge >= 0.3 is 0 Å². The van der Waals surface area contributed by atoms with Gasteiger partial charge in [-0.3, -0.25) is 0 Å². The fraction of sp³-hybridized carbons (Fsp3) is 0.250. The van der Waals surface area contributed by atoms with Crippen molar-refractivity contribution >= 4 is 21.6 Å². The van der Waals surface area contributed by atoms with Gasteiger partial charge in [-0.25, -0.2) is 0 Å². The molecular weight excluding hydrogens is 318 g/mol. The Hall–Kier alpha value is -1.68. The van der Waals surface area contributed by atoms with Crippen molar-refractivity contribution in [1.29, 1.82) is 0 Å². The normalized spacial score (nSPS) is 12.2. The van der Waals surface area contributed by atoms with E-state index in [9.17, 15) is 10.2 Å². The number of phenolic OH excluding ortho intramolecular Hbond substituents is 2. The van der Waals surface area contributed by atoms with Crippen LogP contribution in [-0.2, 0) is 6.42 Å². The van der Waals surface area contributed by atoms with Crippen LogP contribution in [0.25, 0.3) is 0 Å². The topological polar surface area (TPSA) is 52.5 Å². The summed E-state index contributed by atoms with van der Waals surface area (Å²) in [7, 11) is 0. The minimum Gasteiger partial charge on any atom is -0.508 e. The molecule has 3 nitrogen and oxygen atoms in total. The molecule has 1 atom stereocenters. The lowest BCUT2D eigenvalue weighted by Crippen LogP contribution is -2.08. The number of halogens is 1. The third kappa shape index (κ3) is 3.45. The van der Waals surface area contributed by atoms with Gasteiger partial charge in [0.15, 0.2) is 0 Å². The maximum atomic E-state index is 9.55. The molecule has 0 saturated heterocycles. The van der Waals surface area contributed by atoms with Crippen LogP contribution in [0.3, 0.4) is 0 Å². The predicted octanol–water partition coefficient (Wildman–Crippen LogP) is 4.60. The first-order chi connectivity index (χ1) is 9.49. The van der Waals surface area contributed by atoms with Gasteiger partial charge in [-0.15, -0.1) is 0 Å². The smallest absolute Gasteiger partial charge is 0.119 e. The molecule has 2 aromatic carbocycles. The average molecular weight is 336 g/mol. The van der Waals surface area contributed by atoms with E-state index in [2.05, 4.69) is 34.2 Å². The van der Waals surface area contributed by atoms with Crippen molar-refractivity contribution in [3.05, 3.63) is 52.0 Å². The molecule has 0 aliphatic heterocycles. The molecule has 0 saturated carbocycles. The largest absolute Gasteiger partial charge is 0.508 e. The van der Waals surface area contributed by atoms with Crippen LogP contribution in [0.1, 0.15) is 31.0 Å². The van der Waals surface area contributed by atoms with Crippen molar-refractivity contribution in [3.8, 4) is 11.5 Å². The molecule has 0 amide bonds. The second kappa shape index (κ2) is 6.18. The van der Waals surface area contributed by atoms with Gasteiger partial charge in [0.1, 0.15) is 11.5 Å². The second-order valence-corrected chi connectivity index (χ2v) is 5.72. The van der Waals surface area contributed by atoms with Gasteiger partial charge in [-0.2, -0.15) is 0 Å². The number of phenols is 2. The quantitative estimate of drug-likeness (QED) is 0.765. The minimum absolute atomic E-state index is 0.0144. The van der Waals surface area contributed by atoms with Gasteiger partial charge in [0, 0.05) is 22.3 Å². The number of hydrogen-bond acceptors (Lipinski definition) is 3. The number of aromatic hydroxyl groups is 2. The van der Waals surface area contributed by atoms with Crippen LogP contribution in [-0.4, -0.2) is 10.2 Å². The van der Waals surface area contributed by atoms with Crippen molar-refractivity contribution in [3.63, 3.8) is 0 Å². The Morgan fingerprint density at radius 2 is 1.75 bits per heavy atom. The van der Waals surface area contributed by atoms with E-state index >= 15 is 0 Å². The summed E-state index contributed by atoms with van der Waals surface area (Å²) >= 11 is 3.47. The Kier molecular flexibility index (Phi) is 4.55. The molecule has 0 heterocycles. The van der Waals surface area contributed by atoms with Crippen molar-refractivity contribution in [2.24, 2.45) is 0 Å². The highest BCUT2D eigenvalue weighted by molar-refractivity contribution is 9.10. The van der Waals surface area contributed by atoms with Gasteiger partial charge in [-0.05, 0) is 54.8 Å². The van der Waals surface area contributed by atoms with E-state index in [4.69, 9.17) is 0 Å². The number of nitrogens with one attached hydrogen (secondary N) is 1. The molecule has 2 aromatic rings. The van der Waals surface area contributed by atoms with E-state index in [0.717, 1.165) is 22.1 Å². The van der Waals surface area contributed by atoms with Crippen LogP contribution in [0.4, 0.5) is 5.69 Å². The molecule has 0 spiro atoms. The fourth-order valence-electron chi connectivity index (χ4n) is 2.18. The van der Waals surface area contributed by atoms with Gasteiger partial charge < -0.3 is 15.5 Å². The Labute approximate surface area is 127 Å². The van der Waals surface area contributed by atoms with Crippen molar-refractivity contribution in [2.75, 3.05) is 5.32 Å². The lowest BCUT2D eigenvalue weighted by atomic mass is 10.1. The Balaban J connectivity index is 2.25. The van der Waals surface area contributed by atoms with Crippen LogP contribution in [0.5, 0.6) is 11.5 Å². The highest BCUT2D eigenvalue weighted by Crippen LogP contribution is 2.29. The summed E-state index contributed by atoms with van der Waals surface area (Å²) in [5, 5.41) is 22.5. The number of hydrogen-bond donors (Lipinski definition) is 3. The summed E-state index contributed by atoms with van der Waals surface area (Å²) in [5.74, 6) is 0.139. The zero-order valence-electron chi connectivity index (χ0n) is 11.5. The standard InChI is InChI=1S/C16H18BrNO2/c1-3-11-6-13(17)4-5-16(11)18-10(2)12-7-14(19)9-15(20)8-12/h4-10,18-20H,3H2,1-2H3. The number of aryl methyl sites for hydroxylation is 1. The summed E-state index contributed by atoms with van der Waals surface area (Å²) < 4.78 is 1.06. The summed E-state index contributed by atoms with van der Waals surface area (Å²) in [6.45, 7) is 4.10. The summed E-state index contributed by atoms with van der Waals surface area (Å²) in [6.07, 6.45) is 0.930. The third-order valence-electron chi connectivity index (χ3n) is 3.25. The van der Waals surface area contributed by atoms with Crippen LogP contribution in [0, 0.1) is 0 Å². The van der Waals surface area contributed by atoms with E-state index in [1.54, 1.807) is 12.1 Å². The molecule has 3 N–H and O–H groups in total. The van der Waals surface area contributed by atoms with Gasteiger partial charge in [-0.1, -0.05) is 22.9 Å². The van der Waals surface area contributed by atoms with Crippen LogP contribution in [0.15, 0.2) is 40.9 Å². The predicted molar refractivity (Wildman–Crippen MR) is 85.3 cm³/mol. The minimum atomic E-state index is -0.0144. The Bertz CT molecular complexity index is 593. The maximum absolute atomic E-state index is 9.55. The van der Waals surface area contributed by atoms with E-state index in [0.29, 0.717) is 0 Å². The highest BCUT2D eigenvalue weighted by atomic mass is 79.9. The zero-order chi connectivity index (χ0) is 14.7. The van der Waals surface area contributed by atoms with E-state index in [1.807, 2.05) is 19.1 Å². The van der Waals surface area contributed by atoms with Gasteiger partial charge in [0.2, 0.25) is 0 Å². The molecule has 106 valence electrons. The average Bonchev–Trinajstić information content (AvgIpc) is 2.39. The number of anilines is 1. The molecule has 0 aromatic heterocycles. The first-order valence-corrected chi connectivity index (χ1v) is 7.36. The molecular formula is C16H18BrNO2. The second-order valence-electron chi connectivity index (χ2n) is 4.80. The Morgan fingerprint density at radius 1 is 1.10 bits per heavy atom. The highest BCUT2D eigenvalue weighted by Gasteiger charge is 2.10. The molecule has 0 bridgehead atoms. The van der Waals surface area contributed by atoms with E-state index in [1.165, 1.54) is 11.6 Å². The van der Waals surface area contributed by atoms with Crippen molar-refractivity contribution in [1.82, 2.24) is 0 Å². The lowest BCUT2D eigenvalue weighted by molar-refractivity contribution is 0.448.